The number of imidazole rings is 1. The van der Waals surface area contributed by atoms with E-state index in [2.05, 4.69) is 70.3 Å². The van der Waals surface area contributed by atoms with Gasteiger partial charge in [0.25, 0.3) is 0 Å². The minimum Gasteiger partial charge on any atom is -0.455 e. The Bertz CT molecular complexity index is 1110. The van der Waals surface area contributed by atoms with Gasteiger partial charge in [-0.05, 0) is 22.2 Å². The number of halogens is 1. The molecule has 0 N–H and O–H groups in total. The molecule has 2 aliphatic rings. The van der Waals surface area contributed by atoms with Gasteiger partial charge in [0.2, 0.25) is 0 Å². The van der Waals surface area contributed by atoms with Gasteiger partial charge in [-0.2, -0.15) is 0 Å². The van der Waals surface area contributed by atoms with E-state index in [0.29, 0.717) is 11.2 Å². The maximum absolute atomic E-state index is 12.3. The van der Waals surface area contributed by atoms with Crippen LogP contribution in [-0.4, -0.2) is 67.5 Å². The third-order valence-electron chi connectivity index (χ3n) is 7.51. The van der Waals surface area contributed by atoms with Gasteiger partial charge in [-0.15, -0.1) is 0 Å². The molecule has 2 saturated heterocycles. The molecule has 2 aliphatic heterocycles. The van der Waals surface area contributed by atoms with Crippen molar-refractivity contribution in [3.8, 4) is 0 Å². The van der Waals surface area contributed by atoms with Gasteiger partial charge in [-0.1, -0.05) is 67.0 Å². The highest BCUT2D eigenvalue weighted by atomic mass is 35.5. The summed E-state index contributed by atoms with van der Waals surface area (Å²) in [6.07, 6.45) is 0.373. The molecule has 13 heteroatoms. The second-order valence-corrected chi connectivity index (χ2v) is 20.4. The van der Waals surface area contributed by atoms with Gasteiger partial charge in [-0.25, -0.2) is 15.0 Å². The van der Waals surface area contributed by atoms with E-state index >= 15 is 0 Å². The van der Waals surface area contributed by atoms with Crippen LogP contribution >= 0.6 is 11.6 Å². The third-order valence-corrected chi connectivity index (χ3v) is 18.0. The normalized spacial score (nSPS) is 27.6. The predicted molar refractivity (Wildman–Crippen MR) is 144 cm³/mol. The second kappa shape index (κ2) is 10.6. The quantitative estimate of drug-likeness (QED) is 0.261. The number of ether oxygens (including phenoxy) is 2. The molecule has 2 aromatic heterocycles. The molecular weight excluding hydrogens is 532 g/mol. The number of hydrogen-bond acceptors (Lipinski definition) is 9. The predicted octanol–water partition coefficient (Wildman–Crippen LogP) is 5.27. The number of rotatable bonds is 6. The monoisotopic (exact) mass is 570 g/mol. The summed E-state index contributed by atoms with van der Waals surface area (Å²) in [7, 11) is -5.69. The molecule has 4 heterocycles. The zero-order chi connectivity index (χ0) is 27.3. The van der Waals surface area contributed by atoms with Crippen LogP contribution in [0, 0.1) is 0 Å². The van der Waals surface area contributed by atoms with Crippen molar-refractivity contribution in [2.24, 2.45) is 0 Å². The summed E-state index contributed by atoms with van der Waals surface area (Å²) in [5.74, 6) is -0.432. The Morgan fingerprint density at radius 1 is 1.03 bits per heavy atom. The first kappa shape index (κ1) is 28.6. The van der Waals surface area contributed by atoms with Crippen LogP contribution in [0.3, 0.4) is 0 Å². The van der Waals surface area contributed by atoms with Crippen LogP contribution in [0.15, 0.2) is 12.7 Å². The lowest BCUT2D eigenvalue weighted by Gasteiger charge is -2.51. The van der Waals surface area contributed by atoms with Crippen LogP contribution in [-0.2, 0) is 27.2 Å². The van der Waals surface area contributed by atoms with Crippen LogP contribution in [0.5, 0.6) is 0 Å². The van der Waals surface area contributed by atoms with E-state index in [4.69, 9.17) is 34.0 Å². The summed E-state index contributed by atoms with van der Waals surface area (Å²) >= 11 is 6.26. The Hall–Kier alpha value is -1.42. The number of esters is 1. The van der Waals surface area contributed by atoms with Crippen molar-refractivity contribution in [2.45, 2.75) is 109 Å². The fourth-order valence-corrected chi connectivity index (χ4v) is 17.1. The number of carbonyl (C=O) groups excluding carboxylic acids is 1. The summed E-state index contributed by atoms with van der Waals surface area (Å²) in [4.78, 5) is 25.1. The van der Waals surface area contributed by atoms with E-state index < -0.39 is 47.6 Å². The Labute approximate surface area is 225 Å². The Balaban J connectivity index is 1.84. The Morgan fingerprint density at radius 2 is 1.65 bits per heavy atom. The fraction of sp³-hybridized carbons (Fsp3) is 0.750. The molecule has 0 aliphatic carbocycles. The lowest BCUT2D eigenvalue weighted by molar-refractivity contribution is -0.155. The number of aromatic nitrogens is 4. The maximum atomic E-state index is 12.3. The smallest absolute Gasteiger partial charge is 0.335 e. The molecule has 0 unspecified atom stereocenters. The van der Waals surface area contributed by atoms with Crippen molar-refractivity contribution in [1.29, 1.82) is 0 Å². The number of nitrogens with zero attached hydrogens (tertiary/aromatic N) is 4. The largest absolute Gasteiger partial charge is 0.455 e. The van der Waals surface area contributed by atoms with Gasteiger partial charge in [0, 0.05) is 6.92 Å². The second-order valence-electron chi connectivity index (χ2n) is 11.2. The maximum Gasteiger partial charge on any atom is 0.335 e. The van der Waals surface area contributed by atoms with Crippen LogP contribution in [0.4, 0.5) is 0 Å². The summed E-state index contributed by atoms with van der Waals surface area (Å²) in [5.41, 5.74) is 1.58. The number of carbonyl (C=O) groups is 1. The first-order valence-corrected chi connectivity index (χ1v) is 17.3. The van der Waals surface area contributed by atoms with Crippen molar-refractivity contribution < 1.29 is 27.2 Å². The molecular formula is C24H39ClN4O6Si2. The standard InChI is InChI=1S/C24H39ClN4O6Si2/c1-13(2)36(14(3)4)31-10-18-20(34-37(35-36,15(5)6)16(7)8)21(32-17(9)30)24(33-18)29-12-28-19-22(25)26-11-27-23(19)29/h11-16,18,20-21,24H,10H2,1-9H3/t18-,20-,21+,24-/m1/s1. The molecule has 2 fully saturated rings. The van der Waals surface area contributed by atoms with E-state index in [-0.39, 0.29) is 33.9 Å². The minimum absolute atomic E-state index is 0.122. The highest BCUT2D eigenvalue weighted by molar-refractivity contribution is 6.84. The first-order chi connectivity index (χ1) is 17.3. The lowest BCUT2D eigenvalue weighted by atomic mass is 10.1. The molecule has 0 radical (unpaired) electrons. The summed E-state index contributed by atoms with van der Waals surface area (Å²) in [6, 6.07) is 0. The SMILES string of the molecule is CC(=O)O[C@H]1[C@@H]2O[Si](C(C)C)(C(C)C)O[Si](C(C)C)(C(C)C)OC[C@H]2O[C@H]1n1cnc2c(Cl)ncnc21. The molecule has 0 amide bonds. The fourth-order valence-electron chi connectivity index (χ4n) is 5.67. The van der Waals surface area contributed by atoms with E-state index in [1.54, 1.807) is 10.9 Å². The number of hydrogen-bond donors (Lipinski definition) is 0. The molecule has 0 aromatic carbocycles. The van der Waals surface area contributed by atoms with Gasteiger partial charge in [0.15, 0.2) is 23.1 Å². The van der Waals surface area contributed by atoms with Crippen LogP contribution < -0.4 is 0 Å². The number of fused-ring (bicyclic) bond motifs is 2. The molecule has 37 heavy (non-hydrogen) atoms. The average Bonchev–Trinajstić information content (AvgIpc) is 3.35. The summed E-state index contributed by atoms with van der Waals surface area (Å²) in [6.45, 7) is 19.0. The molecule has 4 atom stereocenters. The van der Waals surface area contributed by atoms with Gasteiger partial charge >= 0.3 is 23.1 Å². The average molecular weight is 571 g/mol. The van der Waals surface area contributed by atoms with Crippen molar-refractivity contribution in [3.05, 3.63) is 17.8 Å². The highest BCUT2D eigenvalue weighted by Crippen LogP contribution is 2.49. The van der Waals surface area contributed by atoms with E-state index in [1.807, 2.05) is 0 Å². The minimum atomic E-state index is -2.94. The van der Waals surface area contributed by atoms with Gasteiger partial charge in [0.05, 0.1) is 12.9 Å². The van der Waals surface area contributed by atoms with Gasteiger partial charge in [0.1, 0.15) is 24.1 Å². The van der Waals surface area contributed by atoms with E-state index in [0.717, 1.165) is 0 Å². The Morgan fingerprint density at radius 3 is 2.22 bits per heavy atom. The summed E-state index contributed by atoms with van der Waals surface area (Å²) < 4.78 is 35.5. The first-order valence-electron chi connectivity index (χ1n) is 13.0. The molecule has 0 saturated carbocycles. The lowest BCUT2D eigenvalue weighted by Crippen LogP contribution is -2.66. The molecule has 0 spiro atoms. The molecule has 206 valence electrons. The van der Waals surface area contributed by atoms with Gasteiger partial charge in [-0.3, -0.25) is 9.36 Å². The highest BCUT2D eigenvalue weighted by Gasteiger charge is 2.62. The summed E-state index contributed by atoms with van der Waals surface area (Å²) in [5, 5.41) is 0.237. The molecule has 4 rings (SSSR count). The van der Waals surface area contributed by atoms with Crippen LogP contribution in [0.25, 0.3) is 11.2 Å². The van der Waals surface area contributed by atoms with Crippen molar-refractivity contribution in [1.82, 2.24) is 19.5 Å². The third kappa shape index (κ3) is 4.90. The molecule has 0 bridgehead atoms. The van der Waals surface area contributed by atoms with E-state index in [9.17, 15) is 4.79 Å². The van der Waals surface area contributed by atoms with Gasteiger partial charge < -0.3 is 22.4 Å². The van der Waals surface area contributed by atoms with Crippen LogP contribution in [0.1, 0.15) is 68.5 Å². The topological polar surface area (TPSA) is 107 Å². The molecule has 2 aromatic rings. The van der Waals surface area contributed by atoms with Crippen LogP contribution in [0.2, 0.25) is 27.3 Å². The van der Waals surface area contributed by atoms with Crippen molar-refractivity contribution in [2.75, 3.05) is 6.61 Å². The van der Waals surface area contributed by atoms with Crippen molar-refractivity contribution >= 4 is 45.9 Å². The Kier molecular flexibility index (Phi) is 8.21. The zero-order valence-corrected chi connectivity index (χ0v) is 25.9. The molecule has 10 nitrogen and oxygen atoms in total. The van der Waals surface area contributed by atoms with Crippen molar-refractivity contribution in [3.63, 3.8) is 0 Å². The zero-order valence-electron chi connectivity index (χ0n) is 23.1. The van der Waals surface area contributed by atoms with E-state index in [1.165, 1.54) is 13.3 Å².